The first-order chi connectivity index (χ1) is 9.65. The molecule has 0 aliphatic rings. The second-order valence-corrected chi connectivity index (χ2v) is 6.93. The van der Waals surface area contributed by atoms with E-state index in [1.807, 2.05) is 0 Å². The number of benzene rings is 1. The predicted octanol–water partition coefficient (Wildman–Crippen LogP) is 0.720. The molecule has 0 fully saturated rings. The Balaban J connectivity index is 2.73. The number of amides is 2. The second-order valence-electron chi connectivity index (χ2n) is 4.34. The number of carbonyl (C=O) groups is 1. The van der Waals surface area contributed by atoms with Gasteiger partial charge in [0, 0.05) is 32.9 Å². The van der Waals surface area contributed by atoms with E-state index in [1.165, 1.54) is 11.0 Å². The highest BCUT2D eigenvalue weighted by atomic mass is 79.9. The van der Waals surface area contributed by atoms with Gasteiger partial charge in [-0.2, -0.15) is 0 Å². The number of hydrogen-bond acceptors (Lipinski definition) is 4. The lowest BCUT2D eigenvalue weighted by Gasteiger charge is -2.13. The first-order valence-corrected chi connectivity index (χ1v) is 8.12. The van der Waals surface area contributed by atoms with Crippen LogP contribution in [0.4, 0.5) is 14.9 Å². The van der Waals surface area contributed by atoms with Crippen LogP contribution in [-0.2, 0) is 10.0 Å². The zero-order valence-corrected chi connectivity index (χ0v) is 13.9. The van der Waals surface area contributed by atoms with E-state index in [1.54, 1.807) is 14.1 Å². The molecule has 1 aromatic carbocycles. The highest BCUT2D eigenvalue weighted by Gasteiger charge is 2.21. The Bertz CT molecular complexity index is 637. The average molecular weight is 383 g/mol. The minimum Gasteiger partial charge on any atom is -0.399 e. The molecule has 1 aromatic rings. The van der Waals surface area contributed by atoms with Crippen molar-refractivity contribution in [1.82, 2.24) is 14.9 Å². The standard InChI is InChI=1S/C11H16BrFN4O3S/c1-17(2)11(18)15-3-4-16-21(19,20)9-6-7(14)5-8(12)10(9)13/h5-6,16H,3-4,14H2,1-2H3,(H,15,18). The van der Waals surface area contributed by atoms with Crippen LogP contribution in [-0.4, -0.2) is 46.5 Å². The van der Waals surface area contributed by atoms with Crippen molar-refractivity contribution in [2.24, 2.45) is 0 Å². The average Bonchev–Trinajstić information content (AvgIpc) is 2.38. The van der Waals surface area contributed by atoms with Crippen molar-refractivity contribution in [2.45, 2.75) is 4.90 Å². The van der Waals surface area contributed by atoms with Gasteiger partial charge in [0.2, 0.25) is 10.0 Å². The largest absolute Gasteiger partial charge is 0.399 e. The van der Waals surface area contributed by atoms with Gasteiger partial charge in [-0.05, 0) is 28.1 Å². The number of nitrogen functional groups attached to an aromatic ring is 1. The van der Waals surface area contributed by atoms with Gasteiger partial charge in [-0.25, -0.2) is 22.3 Å². The van der Waals surface area contributed by atoms with Gasteiger partial charge in [-0.15, -0.1) is 0 Å². The van der Waals surface area contributed by atoms with Gasteiger partial charge in [0.15, 0.2) is 5.82 Å². The van der Waals surface area contributed by atoms with Crippen LogP contribution in [0.2, 0.25) is 0 Å². The molecule has 0 spiro atoms. The minimum absolute atomic E-state index is 0.0382. The molecule has 118 valence electrons. The van der Waals surface area contributed by atoms with Crippen molar-refractivity contribution >= 4 is 37.7 Å². The zero-order chi connectivity index (χ0) is 16.2. The van der Waals surface area contributed by atoms with E-state index in [0.29, 0.717) is 0 Å². The summed E-state index contributed by atoms with van der Waals surface area (Å²) in [5.74, 6) is -0.922. The first kappa shape index (κ1) is 17.7. The molecular formula is C11H16BrFN4O3S. The molecule has 0 saturated heterocycles. The molecule has 0 aliphatic carbocycles. The molecular weight excluding hydrogens is 367 g/mol. The Kier molecular flexibility index (Phi) is 5.93. The number of nitrogens with two attached hydrogens (primary N) is 1. The number of nitrogens with zero attached hydrogens (tertiary/aromatic N) is 1. The maximum atomic E-state index is 13.8. The molecule has 0 radical (unpaired) electrons. The summed E-state index contributed by atoms with van der Waals surface area (Å²) >= 11 is 2.90. The van der Waals surface area contributed by atoms with Crippen molar-refractivity contribution in [3.8, 4) is 0 Å². The van der Waals surface area contributed by atoms with Gasteiger partial charge in [-0.3, -0.25) is 0 Å². The third-order valence-electron chi connectivity index (χ3n) is 2.41. The number of nitrogens with one attached hydrogen (secondary N) is 2. The first-order valence-electron chi connectivity index (χ1n) is 5.84. The molecule has 4 N–H and O–H groups in total. The fourth-order valence-corrected chi connectivity index (χ4v) is 3.14. The molecule has 0 heterocycles. The fraction of sp³-hybridized carbons (Fsp3) is 0.364. The minimum atomic E-state index is -4.05. The van der Waals surface area contributed by atoms with Gasteiger partial charge >= 0.3 is 6.03 Å². The number of urea groups is 1. The van der Waals surface area contributed by atoms with Gasteiger partial charge in [0.1, 0.15) is 4.90 Å². The fourth-order valence-electron chi connectivity index (χ4n) is 1.37. The van der Waals surface area contributed by atoms with Crippen molar-refractivity contribution in [2.75, 3.05) is 32.9 Å². The highest BCUT2D eigenvalue weighted by molar-refractivity contribution is 9.10. The van der Waals surface area contributed by atoms with E-state index in [-0.39, 0.29) is 29.3 Å². The molecule has 0 aromatic heterocycles. The van der Waals surface area contributed by atoms with Gasteiger partial charge in [0.25, 0.3) is 0 Å². The molecule has 2 amide bonds. The van der Waals surface area contributed by atoms with Crippen LogP contribution >= 0.6 is 15.9 Å². The summed E-state index contributed by atoms with van der Waals surface area (Å²) in [7, 11) is -0.945. The summed E-state index contributed by atoms with van der Waals surface area (Å²) in [6.07, 6.45) is 0. The summed E-state index contributed by atoms with van der Waals surface area (Å²) < 4.78 is 39.9. The van der Waals surface area contributed by atoms with E-state index in [0.717, 1.165) is 6.07 Å². The van der Waals surface area contributed by atoms with Crippen molar-refractivity contribution in [3.63, 3.8) is 0 Å². The summed E-state index contributed by atoms with van der Waals surface area (Å²) in [6.45, 7) is -0.00484. The molecule has 0 atom stereocenters. The maximum Gasteiger partial charge on any atom is 0.316 e. The lowest BCUT2D eigenvalue weighted by Crippen LogP contribution is -2.39. The smallest absolute Gasteiger partial charge is 0.316 e. The number of carbonyl (C=O) groups excluding carboxylic acids is 1. The second kappa shape index (κ2) is 7.05. The normalized spacial score (nSPS) is 11.2. The highest BCUT2D eigenvalue weighted by Crippen LogP contribution is 2.25. The summed E-state index contributed by atoms with van der Waals surface area (Å²) in [4.78, 5) is 12.0. The van der Waals surface area contributed by atoms with Crippen LogP contribution in [0, 0.1) is 5.82 Å². The van der Waals surface area contributed by atoms with E-state index in [4.69, 9.17) is 5.73 Å². The molecule has 10 heteroatoms. The number of anilines is 1. The number of halogens is 2. The Hall–Kier alpha value is -1.39. The molecule has 7 nitrogen and oxygen atoms in total. The third-order valence-corrected chi connectivity index (χ3v) is 4.44. The quantitative estimate of drug-likeness (QED) is 0.515. The Morgan fingerprint density at radius 1 is 1.38 bits per heavy atom. The lowest BCUT2D eigenvalue weighted by atomic mass is 10.3. The van der Waals surface area contributed by atoms with Crippen LogP contribution in [0.15, 0.2) is 21.5 Å². The van der Waals surface area contributed by atoms with Crippen LogP contribution in [0.3, 0.4) is 0 Å². The van der Waals surface area contributed by atoms with Crippen LogP contribution in [0.1, 0.15) is 0 Å². The zero-order valence-electron chi connectivity index (χ0n) is 11.5. The summed E-state index contributed by atoms with van der Waals surface area (Å²) in [5, 5.41) is 2.48. The number of rotatable bonds is 5. The molecule has 0 saturated carbocycles. The molecule has 21 heavy (non-hydrogen) atoms. The Morgan fingerprint density at radius 2 is 2.00 bits per heavy atom. The van der Waals surface area contributed by atoms with Crippen molar-refractivity contribution in [1.29, 1.82) is 0 Å². The number of sulfonamides is 1. The molecule has 0 unspecified atom stereocenters. The monoisotopic (exact) mass is 382 g/mol. The van der Waals surface area contributed by atoms with Crippen molar-refractivity contribution < 1.29 is 17.6 Å². The Labute approximate surface area is 130 Å². The lowest BCUT2D eigenvalue weighted by molar-refractivity contribution is 0.217. The SMILES string of the molecule is CN(C)C(=O)NCCNS(=O)(=O)c1cc(N)cc(Br)c1F. The van der Waals surface area contributed by atoms with Gasteiger partial charge in [-0.1, -0.05) is 0 Å². The number of hydrogen-bond donors (Lipinski definition) is 3. The molecule has 0 aliphatic heterocycles. The third kappa shape index (κ3) is 4.83. The summed E-state index contributed by atoms with van der Waals surface area (Å²) in [5.41, 5.74) is 5.62. The van der Waals surface area contributed by atoms with Crippen molar-refractivity contribution in [3.05, 3.63) is 22.4 Å². The molecule has 0 bridgehead atoms. The predicted molar refractivity (Wildman–Crippen MR) is 80.8 cm³/mol. The van der Waals surface area contributed by atoms with Crippen LogP contribution < -0.4 is 15.8 Å². The van der Waals surface area contributed by atoms with Gasteiger partial charge in [0.05, 0.1) is 4.47 Å². The van der Waals surface area contributed by atoms with E-state index in [9.17, 15) is 17.6 Å². The van der Waals surface area contributed by atoms with Gasteiger partial charge < -0.3 is 16.0 Å². The van der Waals surface area contributed by atoms with Crippen LogP contribution in [0.5, 0.6) is 0 Å². The van der Waals surface area contributed by atoms with Crippen LogP contribution in [0.25, 0.3) is 0 Å². The van der Waals surface area contributed by atoms with E-state index >= 15 is 0 Å². The topological polar surface area (TPSA) is 105 Å². The molecule has 1 rings (SSSR count). The van der Waals surface area contributed by atoms with E-state index in [2.05, 4.69) is 26.0 Å². The maximum absolute atomic E-state index is 13.8. The van der Waals surface area contributed by atoms with E-state index < -0.39 is 20.7 Å². The summed E-state index contributed by atoms with van der Waals surface area (Å²) in [6, 6.07) is 1.94. The Morgan fingerprint density at radius 3 is 2.57 bits per heavy atom.